The van der Waals surface area contributed by atoms with Crippen molar-refractivity contribution < 1.29 is 0 Å². The molecule has 0 N–H and O–H groups in total. The minimum atomic E-state index is -0.444. The predicted molar refractivity (Wildman–Crippen MR) is 256 cm³/mol. The van der Waals surface area contributed by atoms with Gasteiger partial charge in [0.2, 0.25) is 0 Å². The van der Waals surface area contributed by atoms with Gasteiger partial charge in [0.25, 0.3) is 0 Å². The third-order valence-electron chi connectivity index (χ3n) is 12.9. The number of pyridine rings is 1. The van der Waals surface area contributed by atoms with E-state index in [1.165, 1.54) is 53.9 Å². The Balaban J connectivity index is 0.970. The van der Waals surface area contributed by atoms with Gasteiger partial charge in [0, 0.05) is 42.6 Å². The molecule has 9 aromatic carbocycles. The summed E-state index contributed by atoms with van der Waals surface area (Å²) >= 11 is 1.90. The summed E-state index contributed by atoms with van der Waals surface area (Å²) in [6, 6.07) is 76.5. The number of aromatic nitrogens is 3. The van der Waals surface area contributed by atoms with Crippen molar-refractivity contribution >= 4 is 44.5 Å². The minimum Gasteiger partial charge on any atom is -0.247 e. The van der Waals surface area contributed by atoms with Gasteiger partial charge in [-0.05, 0) is 68.8 Å². The highest BCUT2D eigenvalue weighted by molar-refractivity contribution is 7.99. The first-order chi connectivity index (χ1) is 30.7. The molecule has 2 aromatic heterocycles. The van der Waals surface area contributed by atoms with Crippen molar-refractivity contribution in [2.45, 2.75) is 15.2 Å². The molecule has 62 heavy (non-hydrogen) atoms. The molecule has 1 aliphatic heterocycles. The van der Waals surface area contributed by atoms with Crippen LogP contribution >= 0.6 is 11.8 Å². The highest BCUT2D eigenvalue weighted by Gasteiger charge is 2.50. The fraction of sp³-hybridized carbons (Fsp3) is 0.0172. The van der Waals surface area contributed by atoms with E-state index < -0.39 is 5.41 Å². The third kappa shape index (κ3) is 5.11. The van der Waals surface area contributed by atoms with Gasteiger partial charge in [0.05, 0.1) is 39.0 Å². The Labute approximate surface area is 363 Å². The van der Waals surface area contributed by atoms with Crippen LogP contribution in [0.25, 0.3) is 88.7 Å². The second-order valence-electron chi connectivity index (χ2n) is 16.2. The molecule has 0 bridgehead atoms. The summed E-state index contributed by atoms with van der Waals surface area (Å²) in [7, 11) is 0. The minimum absolute atomic E-state index is 0.444. The number of benzene rings is 9. The molecule has 0 atom stereocenters. The molecule has 0 fully saturated rings. The van der Waals surface area contributed by atoms with Crippen LogP contribution in [0.4, 0.5) is 0 Å². The molecule has 0 saturated carbocycles. The van der Waals surface area contributed by atoms with E-state index in [0.717, 1.165) is 66.8 Å². The summed E-state index contributed by atoms with van der Waals surface area (Å²) in [5.41, 5.74) is 18.4. The summed E-state index contributed by atoms with van der Waals surface area (Å²) in [5.74, 6) is 0. The monoisotopic (exact) mass is 805 g/mol. The van der Waals surface area contributed by atoms with E-state index in [1.807, 2.05) is 23.9 Å². The number of nitrogens with zero attached hydrogens (tertiary/aromatic N) is 3. The highest BCUT2D eigenvalue weighted by atomic mass is 32.2. The molecular formula is C58H35N3S. The summed E-state index contributed by atoms with van der Waals surface area (Å²) in [6.07, 6.45) is 0. The maximum atomic E-state index is 5.42. The summed E-state index contributed by atoms with van der Waals surface area (Å²) in [4.78, 5) is 18.4. The van der Waals surface area contributed by atoms with Crippen LogP contribution in [0.3, 0.4) is 0 Å². The van der Waals surface area contributed by atoms with Crippen LogP contribution in [0.15, 0.2) is 222 Å². The Kier molecular flexibility index (Phi) is 7.75. The van der Waals surface area contributed by atoms with Gasteiger partial charge in [0.1, 0.15) is 0 Å². The van der Waals surface area contributed by atoms with Gasteiger partial charge in [-0.25, -0.2) is 15.0 Å². The molecule has 3 heterocycles. The van der Waals surface area contributed by atoms with Crippen LogP contribution in [-0.2, 0) is 5.41 Å². The molecule has 2 aliphatic rings. The standard InChI is InChI=1S/C58H35N3S/c1-3-15-37(16-4-1)55-56(38-17-5-2-6-18-38)61-51-35-40(31-34-50(51)60-55)36-27-29-39(30-28-36)54-44-32-33-48-57(53(44)43-21-9-13-25-49(43)59-54)62-52-26-14-12-24-47(52)58(48)45-22-10-7-19-41(45)42-20-8-11-23-46(42)58/h1-35H. The lowest BCUT2D eigenvalue weighted by Crippen LogP contribution is -2.32. The van der Waals surface area contributed by atoms with Crippen molar-refractivity contribution in [3.8, 4) is 56.0 Å². The second kappa shape index (κ2) is 13.7. The first-order valence-corrected chi connectivity index (χ1v) is 21.9. The largest absolute Gasteiger partial charge is 0.247 e. The second-order valence-corrected chi connectivity index (χ2v) is 17.3. The van der Waals surface area contributed by atoms with E-state index >= 15 is 0 Å². The maximum absolute atomic E-state index is 5.42. The van der Waals surface area contributed by atoms with Gasteiger partial charge in [-0.2, -0.15) is 0 Å². The Morgan fingerprint density at radius 2 is 0.855 bits per heavy atom. The van der Waals surface area contributed by atoms with Crippen molar-refractivity contribution in [1.82, 2.24) is 15.0 Å². The average Bonchev–Trinajstić information content (AvgIpc) is 3.64. The highest BCUT2D eigenvalue weighted by Crippen LogP contribution is 2.63. The molecule has 288 valence electrons. The van der Waals surface area contributed by atoms with E-state index in [-0.39, 0.29) is 0 Å². The molecule has 0 radical (unpaired) electrons. The summed E-state index contributed by atoms with van der Waals surface area (Å²) < 4.78 is 0. The Hall–Kier alpha value is -7.66. The third-order valence-corrected chi connectivity index (χ3v) is 14.1. The predicted octanol–water partition coefficient (Wildman–Crippen LogP) is 14.8. The van der Waals surface area contributed by atoms with Crippen molar-refractivity contribution in [3.05, 3.63) is 235 Å². The molecule has 1 aliphatic carbocycles. The number of hydrogen-bond donors (Lipinski definition) is 0. The zero-order chi connectivity index (χ0) is 40.8. The smallest absolute Gasteiger partial charge is 0.0973 e. The first kappa shape index (κ1) is 35.1. The fourth-order valence-electron chi connectivity index (χ4n) is 10.2. The fourth-order valence-corrected chi connectivity index (χ4v) is 11.6. The Bertz CT molecular complexity index is 3550. The van der Waals surface area contributed by atoms with E-state index in [1.54, 1.807) is 0 Å². The summed E-state index contributed by atoms with van der Waals surface area (Å²) in [6.45, 7) is 0. The van der Waals surface area contributed by atoms with Gasteiger partial charge in [-0.3, -0.25) is 0 Å². The van der Waals surface area contributed by atoms with E-state index in [0.29, 0.717) is 0 Å². The van der Waals surface area contributed by atoms with E-state index in [9.17, 15) is 0 Å². The van der Waals surface area contributed by atoms with Crippen LogP contribution in [-0.4, -0.2) is 15.0 Å². The van der Waals surface area contributed by atoms with Gasteiger partial charge < -0.3 is 0 Å². The number of rotatable bonds is 4. The Morgan fingerprint density at radius 1 is 0.323 bits per heavy atom. The number of fused-ring (bicyclic) bond motifs is 14. The lowest BCUT2D eigenvalue weighted by atomic mass is 9.67. The molecule has 1 spiro atoms. The van der Waals surface area contributed by atoms with Crippen molar-refractivity contribution in [3.63, 3.8) is 0 Å². The van der Waals surface area contributed by atoms with Crippen molar-refractivity contribution in [1.29, 1.82) is 0 Å². The normalized spacial score (nSPS) is 13.2. The molecule has 0 unspecified atom stereocenters. The molecule has 0 saturated heterocycles. The first-order valence-electron chi connectivity index (χ1n) is 21.1. The zero-order valence-electron chi connectivity index (χ0n) is 33.5. The SMILES string of the molecule is c1ccc(-c2nc3ccc(-c4ccc(-c5nc6ccccc6c6c7c(ccc56)C5(c6ccccc6S7)c6ccccc6-c6ccccc65)cc4)cc3nc2-c2ccccc2)cc1. The average molecular weight is 806 g/mol. The van der Waals surface area contributed by atoms with E-state index in [2.05, 4.69) is 200 Å². The molecule has 4 heteroatoms. The van der Waals surface area contributed by atoms with Crippen LogP contribution in [0.2, 0.25) is 0 Å². The van der Waals surface area contributed by atoms with Gasteiger partial charge >= 0.3 is 0 Å². The van der Waals surface area contributed by atoms with Gasteiger partial charge in [-0.15, -0.1) is 0 Å². The molecule has 13 rings (SSSR count). The topological polar surface area (TPSA) is 38.7 Å². The van der Waals surface area contributed by atoms with Crippen LogP contribution < -0.4 is 0 Å². The molecule has 0 amide bonds. The van der Waals surface area contributed by atoms with Crippen molar-refractivity contribution in [2.24, 2.45) is 0 Å². The lowest BCUT2D eigenvalue weighted by molar-refractivity contribution is 0.726. The quantitative estimate of drug-likeness (QED) is 0.166. The number of hydrogen-bond acceptors (Lipinski definition) is 4. The molecule has 3 nitrogen and oxygen atoms in total. The van der Waals surface area contributed by atoms with E-state index in [4.69, 9.17) is 15.0 Å². The zero-order valence-corrected chi connectivity index (χ0v) is 34.3. The Morgan fingerprint density at radius 3 is 1.56 bits per heavy atom. The molecule has 11 aromatic rings. The van der Waals surface area contributed by atoms with Crippen LogP contribution in [0, 0.1) is 0 Å². The van der Waals surface area contributed by atoms with Gasteiger partial charge in [-0.1, -0.05) is 200 Å². The molecular weight excluding hydrogens is 771 g/mol. The lowest BCUT2D eigenvalue weighted by Gasteiger charge is -2.40. The van der Waals surface area contributed by atoms with Gasteiger partial charge in [0.15, 0.2) is 0 Å². The maximum Gasteiger partial charge on any atom is 0.0973 e. The van der Waals surface area contributed by atoms with Crippen molar-refractivity contribution in [2.75, 3.05) is 0 Å². The van der Waals surface area contributed by atoms with Crippen LogP contribution in [0.5, 0.6) is 0 Å². The van der Waals surface area contributed by atoms with Crippen LogP contribution in [0.1, 0.15) is 22.3 Å². The number of para-hydroxylation sites is 1. The summed E-state index contributed by atoms with van der Waals surface area (Å²) in [5, 5.41) is 3.58.